The van der Waals surface area contributed by atoms with Crippen LogP contribution in [0.5, 0.6) is 0 Å². The predicted molar refractivity (Wildman–Crippen MR) is 100 cm³/mol. The van der Waals surface area contributed by atoms with E-state index in [2.05, 4.69) is 15.3 Å². The first-order valence-corrected chi connectivity index (χ1v) is 9.47. The van der Waals surface area contributed by atoms with E-state index in [-0.39, 0.29) is 18.6 Å². The number of hydrogen-bond donors (Lipinski definition) is 3. The van der Waals surface area contributed by atoms with Gasteiger partial charge in [-0.1, -0.05) is 6.07 Å². The van der Waals surface area contributed by atoms with Gasteiger partial charge >= 0.3 is 0 Å². The maximum Gasteiger partial charge on any atom is 0.251 e. The van der Waals surface area contributed by atoms with Gasteiger partial charge in [-0.15, -0.1) is 11.3 Å². The highest BCUT2D eigenvalue weighted by molar-refractivity contribution is 7.18. The van der Waals surface area contributed by atoms with E-state index in [0.29, 0.717) is 18.5 Å². The Kier molecular flexibility index (Phi) is 5.13. The third-order valence-electron chi connectivity index (χ3n) is 4.52. The standard InChI is InChI=1S/C19H19N3O4S/c23-10-16-14(24)7-15(26-16)19-22-13-6-12(3-4-17(13)27-19)18(25)21-9-11-2-1-5-20-8-11/h1-6,8,14-16,23-24H,7,9-10H2,(H,21,25)/t14-,15+,16+/m0/s1. The molecule has 0 radical (unpaired) electrons. The number of aliphatic hydroxyl groups excluding tert-OH is 2. The van der Waals surface area contributed by atoms with Gasteiger partial charge in [-0.3, -0.25) is 9.78 Å². The van der Waals surface area contributed by atoms with Crippen LogP contribution in [0.4, 0.5) is 0 Å². The summed E-state index contributed by atoms with van der Waals surface area (Å²) in [7, 11) is 0. The second-order valence-electron chi connectivity index (χ2n) is 6.43. The van der Waals surface area contributed by atoms with Crippen molar-refractivity contribution in [3.8, 4) is 0 Å². The Morgan fingerprint density at radius 3 is 3.00 bits per heavy atom. The fraction of sp³-hybridized carbons (Fsp3) is 0.316. The van der Waals surface area contributed by atoms with Crippen molar-refractivity contribution in [3.05, 3.63) is 58.9 Å². The van der Waals surface area contributed by atoms with E-state index >= 15 is 0 Å². The molecule has 0 aliphatic carbocycles. The number of benzene rings is 1. The van der Waals surface area contributed by atoms with Gasteiger partial charge in [0.1, 0.15) is 17.2 Å². The minimum Gasteiger partial charge on any atom is -0.394 e. The highest BCUT2D eigenvalue weighted by atomic mass is 32.1. The molecule has 2 aromatic heterocycles. The molecule has 3 atom stereocenters. The molecule has 0 unspecified atom stereocenters. The topological polar surface area (TPSA) is 105 Å². The molecule has 0 bridgehead atoms. The summed E-state index contributed by atoms with van der Waals surface area (Å²) < 4.78 is 6.61. The molecule has 0 saturated carbocycles. The van der Waals surface area contributed by atoms with Crippen LogP contribution in [0.1, 0.15) is 33.5 Å². The molecule has 1 amide bonds. The van der Waals surface area contributed by atoms with Crippen LogP contribution in [-0.2, 0) is 11.3 Å². The van der Waals surface area contributed by atoms with Crippen LogP contribution in [0.2, 0.25) is 0 Å². The van der Waals surface area contributed by atoms with Gasteiger partial charge in [0.15, 0.2) is 0 Å². The molecule has 140 valence electrons. The Hall–Kier alpha value is -2.39. The van der Waals surface area contributed by atoms with Gasteiger partial charge in [-0.05, 0) is 29.8 Å². The van der Waals surface area contributed by atoms with Gasteiger partial charge < -0.3 is 20.3 Å². The van der Waals surface area contributed by atoms with E-state index in [1.54, 1.807) is 24.5 Å². The zero-order valence-corrected chi connectivity index (χ0v) is 15.2. The van der Waals surface area contributed by atoms with Crippen LogP contribution in [0.15, 0.2) is 42.7 Å². The first-order valence-electron chi connectivity index (χ1n) is 8.66. The Labute approximate surface area is 159 Å². The van der Waals surface area contributed by atoms with Crippen molar-refractivity contribution in [2.24, 2.45) is 0 Å². The van der Waals surface area contributed by atoms with Crippen LogP contribution in [0.25, 0.3) is 10.2 Å². The lowest BCUT2D eigenvalue weighted by Gasteiger charge is -2.09. The third kappa shape index (κ3) is 3.84. The van der Waals surface area contributed by atoms with Crippen molar-refractivity contribution in [2.75, 3.05) is 6.61 Å². The maximum atomic E-state index is 12.4. The Balaban J connectivity index is 1.48. The summed E-state index contributed by atoms with van der Waals surface area (Å²) in [6.45, 7) is 0.188. The summed E-state index contributed by atoms with van der Waals surface area (Å²) in [4.78, 5) is 21.0. The molecule has 3 N–H and O–H groups in total. The largest absolute Gasteiger partial charge is 0.394 e. The van der Waals surface area contributed by atoms with E-state index in [1.165, 1.54) is 11.3 Å². The lowest BCUT2D eigenvalue weighted by atomic mass is 10.1. The number of ether oxygens (including phenoxy) is 1. The second kappa shape index (κ2) is 7.69. The monoisotopic (exact) mass is 385 g/mol. The van der Waals surface area contributed by atoms with Gasteiger partial charge in [0.25, 0.3) is 5.91 Å². The molecule has 1 aliphatic rings. The number of nitrogens with zero attached hydrogens (tertiary/aromatic N) is 2. The van der Waals surface area contributed by atoms with E-state index in [0.717, 1.165) is 20.8 Å². The smallest absolute Gasteiger partial charge is 0.251 e. The molecule has 1 aromatic carbocycles. The molecule has 1 fully saturated rings. The van der Waals surface area contributed by atoms with E-state index in [1.807, 2.05) is 18.2 Å². The van der Waals surface area contributed by atoms with E-state index < -0.39 is 12.2 Å². The fourth-order valence-corrected chi connectivity index (χ4v) is 4.06. The van der Waals surface area contributed by atoms with Gasteiger partial charge in [0.2, 0.25) is 0 Å². The molecule has 1 aliphatic heterocycles. The van der Waals surface area contributed by atoms with Crippen molar-refractivity contribution in [3.63, 3.8) is 0 Å². The molecular formula is C19H19N3O4S. The molecule has 7 nitrogen and oxygen atoms in total. The second-order valence-corrected chi connectivity index (χ2v) is 7.49. The molecular weight excluding hydrogens is 366 g/mol. The quantitative estimate of drug-likeness (QED) is 0.619. The minimum absolute atomic E-state index is 0.178. The third-order valence-corrected chi connectivity index (χ3v) is 5.65. The molecule has 1 saturated heterocycles. The number of thiazole rings is 1. The van der Waals surface area contributed by atoms with Crippen LogP contribution in [0.3, 0.4) is 0 Å². The number of amides is 1. The van der Waals surface area contributed by atoms with Crippen molar-refractivity contribution in [1.82, 2.24) is 15.3 Å². The first-order chi connectivity index (χ1) is 13.1. The van der Waals surface area contributed by atoms with Crippen molar-refractivity contribution in [1.29, 1.82) is 0 Å². The van der Waals surface area contributed by atoms with Crippen molar-refractivity contribution < 1.29 is 19.7 Å². The Morgan fingerprint density at radius 2 is 2.26 bits per heavy atom. The lowest BCUT2D eigenvalue weighted by Crippen LogP contribution is -2.24. The highest BCUT2D eigenvalue weighted by Gasteiger charge is 2.35. The highest BCUT2D eigenvalue weighted by Crippen LogP contribution is 2.37. The average Bonchev–Trinajstić information content (AvgIpc) is 3.29. The average molecular weight is 385 g/mol. The number of carbonyl (C=O) groups excluding carboxylic acids is 1. The molecule has 3 heterocycles. The van der Waals surface area contributed by atoms with Crippen molar-refractivity contribution in [2.45, 2.75) is 31.3 Å². The number of rotatable bonds is 5. The lowest BCUT2D eigenvalue weighted by molar-refractivity contribution is -0.0225. The molecule has 27 heavy (non-hydrogen) atoms. The van der Waals surface area contributed by atoms with E-state index in [9.17, 15) is 15.0 Å². The summed E-state index contributed by atoms with van der Waals surface area (Å²) in [6, 6.07) is 9.11. The Morgan fingerprint density at radius 1 is 1.37 bits per heavy atom. The van der Waals surface area contributed by atoms with Crippen LogP contribution in [-0.4, -0.2) is 44.9 Å². The summed E-state index contributed by atoms with van der Waals surface area (Å²) in [5.41, 5.74) is 2.18. The Bertz CT molecular complexity index is 947. The van der Waals surface area contributed by atoms with Crippen molar-refractivity contribution >= 4 is 27.5 Å². The molecule has 8 heteroatoms. The maximum absolute atomic E-state index is 12.4. The zero-order chi connectivity index (χ0) is 18.8. The number of carbonyl (C=O) groups is 1. The number of aliphatic hydroxyl groups is 2. The number of fused-ring (bicyclic) bond motifs is 1. The van der Waals surface area contributed by atoms with Gasteiger partial charge in [-0.25, -0.2) is 4.98 Å². The van der Waals surface area contributed by atoms with Crippen LogP contribution >= 0.6 is 11.3 Å². The predicted octanol–water partition coefficient (Wildman–Crippen LogP) is 1.80. The summed E-state index contributed by atoms with van der Waals surface area (Å²) in [6.07, 6.45) is 2.21. The molecule has 0 spiro atoms. The molecule has 4 rings (SSSR count). The van der Waals surface area contributed by atoms with Gasteiger partial charge in [-0.2, -0.15) is 0 Å². The minimum atomic E-state index is -0.694. The SMILES string of the molecule is O=C(NCc1cccnc1)c1ccc2sc([C@H]3C[C@H](O)[C@@H](CO)O3)nc2c1. The molecule has 3 aromatic rings. The number of nitrogens with one attached hydrogen (secondary N) is 1. The number of hydrogen-bond acceptors (Lipinski definition) is 7. The van der Waals surface area contributed by atoms with Gasteiger partial charge in [0, 0.05) is 30.9 Å². The summed E-state index contributed by atoms with van der Waals surface area (Å²) >= 11 is 1.47. The van der Waals surface area contributed by atoms with E-state index in [4.69, 9.17) is 4.74 Å². The normalized spacial score (nSPS) is 22.2. The summed E-state index contributed by atoms with van der Waals surface area (Å²) in [5.74, 6) is -0.178. The number of pyridine rings is 1. The van der Waals surface area contributed by atoms with Gasteiger partial charge in [0.05, 0.1) is 22.9 Å². The summed E-state index contributed by atoms with van der Waals surface area (Å²) in [5, 5.41) is 22.7. The van der Waals surface area contributed by atoms with Crippen LogP contribution in [0, 0.1) is 0 Å². The zero-order valence-electron chi connectivity index (χ0n) is 14.4. The van der Waals surface area contributed by atoms with Crippen LogP contribution < -0.4 is 5.32 Å². The number of aromatic nitrogens is 2. The fourth-order valence-electron chi connectivity index (χ4n) is 3.06. The first kappa shape index (κ1) is 18.0.